The number of amides is 2. The second-order valence-corrected chi connectivity index (χ2v) is 12.8. The molecule has 51 heavy (non-hydrogen) atoms. The van der Waals surface area contributed by atoms with Gasteiger partial charge in [0.2, 0.25) is 11.9 Å². The molecule has 266 valence electrons. The molecule has 2 amide bonds. The van der Waals surface area contributed by atoms with E-state index < -0.39 is 17.6 Å². The molecule has 2 aliphatic heterocycles. The van der Waals surface area contributed by atoms with E-state index in [1.165, 1.54) is 12.1 Å². The lowest BCUT2D eigenvalue weighted by Crippen LogP contribution is -2.46. The molecule has 0 radical (unpaired) electrons. The van der Waals surface area contributed by atoms with E-state index in [1.54, 1.807) is 37.5 Å². The molecule has 2 aliphatic rings. The Balaban J connectivity index is 1.16. The molecule has 3 N–H and O–H groups in total. The summed E-state index contributed by atoms with van der Waals surface area (Å²) in [6.07, 6.45) is -1.23. The van der Waals surface area contributed by atoms with Crippen molar-refractivity contribution in [3.63, 3.8) is 0 Å². The van der Waals surface area contributed by atoms with Crippen LogP contribution in [-0.2, 0) is 37.4 Å². The molecule has 0 saturated carbocycles. The predicted octanol–water partition coefficient (Wildman–Crippen LogP) is 4.94. The van der Waals surface area contributed by atoms with Gasteiger partial charge in [0, 0.05) is 82.9 Å². The summed E-state index contributed by atoms with van der Waals surface area (Å²) in [5.74, 6) is 6.12. The highest BCUT2D eigenvalue weighted by molar-refractivity contribution is 5.98. The molecule has 2 aromatic carbocycles. The van der Waals surface area contributed by atoms with Crippen LogP contribution in [0, 0.1) is 11.8 Å². The van der Waals surface area contributed by atoms with E-state index >= 15 is 0 Å². The minimum atomic E-state index is -4.56. The number of aromatic nitrogens is 3. The maximum Gasteiger partial charge on any atom is 0.416 e. The van der Waals surface area contributed by atoms with Crippen LogP contribution in [0.5, 0.6) is 0 Å². The minimum Gasteiger partial charge on any atom is -0.357 e. The summed E-state index contributed by atoms with van der Waals surface area (Å²) in [7, 11) is 3.62. The molecule has 0 unspecified atom stereocenters. The second-order valence-electron chi connectivity index (χ2n) is 12.8. The van der Waals surface area contributed by atoms with Crippen molar-refractivity contribution in [2.75, 3.05) is 56.9 Å². The van der Waals surface area contributed by atoms with Gasteiger partial charge in [-0.3, -0.25) is 14.5 Å². The summed E-state index contributed by atoms with van der Waals surface area (Å²) in [4.78, 5) is 38.9. The number of carbonyl (C=O) groups is 2. The van der Waals surface area contributed by atoms with Crippen LogP contribution in [0.25, 0.3) is 11.4 Å². The van der Waals surface area contributed by atoms with E-state index in [4.69, 9.17) is 0 Å². The van der Waals surface area contributed by atoms with E-state index in [2.05, 4.69) is 49.6 Å². The first-order chi connectivity index (χ1) is 24.5. The Morgan fingerprint density at radius 2 is 1.82 bits per heavy atom. The molecular formula is C38H41F3N8O2. The van der Waals surface area contributed by atoms with Gasteiger partial charge < -0.3 is 25.4 Å². The fourth-order valence-electron chi connectivity index (χ4n) is 6.62. The zero-order valence-electron chi connectivity index (χ0n) is 29.0. The van der Waals surface area contributed by atoms with Gasteiger partial charge >= 0.3 is 6.18 Å². The molecule has 13 heteroatoms. The van der Waals surface area contributed by atoms with Crippen LogP contribution in [0.15, 0.2) is 54.7 Å². The number of nitrogens with one attached hydrogen (secondary N) is 3. The van der Waals surface area contributed by atoms with Crippen LogP contribution < -0.4 is 16.0 Å². The zero-order chi connectivity index (χ0) is 36.1. The van der Waals surface area contributed by atoms with E-state index in [-0.39, 0.29) is 30.1 Å². The van der Waals surface area contributed by atoms with Crippen LogP contribution in [0.1, 0.15) is 57.2 Å². The van der Waals surface area contributed by atoms with E-state index in [1.807, 2.05) is 22.6 Å². The fourth-order valence-corrected chi connectivity index (χ4v) is 6.62. The number of hydrogen-bond donors (Lipinski definition) is 3. The van der Waals surface area contributed by atoms with Gasteiger partial charge in [0.25, 0.3) is 5.91 Å². The number of rotatable bonds is 9. The summed E-state index contributed by atoms with van der Waals surface area (Å²) in [6, 6.07) is 13.0. The van der Waals surface area contributed by atoms with Gasteiger partial charge in [-0.2, -0.15) is 13.2 Å². The highest BCUT2D eigenvalue weighted by atomic mass is 19.4. The number of nitrogens with zero attached hydrogens (tertiary/aromatic N) is 5. The average Bonchev–Trinajstić information content (AvgIpc) is 3.45. The van der Waals surface area contributed by atoms with Crippen molar-refractivity contribution in [2.45, 2.75) is 38.9 Å². The Kier molecular flexibility index (Phi) is 10.7. The number of carbonyl (C=O) groups excluding carboxylic acids is 2. The lowest BCUT2D eigenvalue weighted by Gasteiger charge is -2.35. The average molecular weight is 699 g/mol. The molecular weight excluding hydrogens is 657 g/mol. The molecule has 0 spiro atoms. The summed E-state index contributed by atoms with van der Waals surface area (Å²) in [5, 5.41) is 8.47. The summed E-state index contributed by atoms with van der Waals surface area (Å²) in [6.45, 7) is 6.99. The topological polar surface area (TPSA) is 107 Å². The van der Waals surface area contributed by atoms with Crippen LogP contribution in [0.2, 0.25) is 0 Å². The third kappa shape index (κ3) is 8.41. The van der Waals surface area contributed by atoms with Gasteiger partial charge in [0.05, 0.1) is 28.8 Å². The highest BCUT2D eigenvalue weighted by Crippen LogP contribution is 2.35. The summed E-state index contributed by atoms with van der Waals surface area (Å²) < 4.78 is 44.4. The largest absolute Gasteiger partial charge is 0.416 e. The van der Waals surface area contributed by atoms with Crippen molar-refractivity contribution in [1.82, 2.24) is 29.7 Å². The monoisotopic (exact) mass is 698 g/mol. The van der Waals surface area contributed by atoms with Gasteiger partial charge in [-0.05, 0) is 54.4 Å². The van der Waals surface area contributed by atoms with Crippen molar-refractivity contribution >= 4 is 23.5 Å². The Labute approximate surface area is 295 Å². The van der Waals surface area contributed by atoms with Crippen molar-refractivity contribution in [3.05, 3.63) is 93.8 Å². The van der Waals surface area contributed by atoms with Crippen molar-refractivity contribution in [2.24, 2.45) is 7.05 Å². The van der Waals surface area contributed by atoms with Crippen molar-refractivity contribution in [1.29, 1.82) is 0 Å². The Morgan fingerprint density at radius 3 is 2.55 bits per heavy atom. The lowest BCUT2D eigenvalue weighted by molar-refractivity contribution is -0.138. The first kappa shape index (κ1) is 35.6. The van der Waals surface area contributed by atoms with Crippen molar-refractivity contribution < 1.29 is 22.8 Å². The third-order valence-electron chi connectivity index (χ3n) is 9.24. The highest BCUT2D eigenvalue weighted by Gasteiger charge is 2.34. The van der Waals surface area contributed by atoms with Crippen LogP contribution >= 0.6 is 0 Å². The van der Waals surface area contributed by atoms with Gasteiger partial charge in [0.15, 0.2) is 0 Å². The van der Waals surface area contributed by atoms with Gasteiger partial charge in [-0.15, -0.1) is 0 Å². The molecule has 10 nitrogen and oxygen atoms in total. The molecule has 2 aromatic heterocycles. The first-order valence-electron chi connectivity index (χ1n) is 17.1. The standard InChI is InChI=1S/C38H41F3N8O2/c1-4-14-48-15-17-49(18-16-48)24-28-10-11-29(21-31(28)38(39,40)41)45-34(50)20-26-7-5-6-25(19-26)8-9-27-23-44-37(42-2)46-35(27)33-22-30-32(47(33)3)12-13-43-36(30)51/h5-7,10-11,19,21-23H,4,12-18,20,24H2,1-3H3,(H,43,51)(H,45,50)(H,42,44,46). The normalized spacial score (nSPS) is 15.1. The van der Waals surface area contributed by atoms with Gasteiger partial charge in [-0.25, -0.2) is 9.97 Å². The van der Waals surface area contributed by atoms with Crippen LogP contribution in [0.4, 0.5) is 24.8 Å². The zero-order valence-corrected chi connectivity index (χ0v) is 29.0. The van der Waals surface area contributed by atoms with Crippen molar-refractivity contribution in [3.8, 4) is 23.2 Å². The summed E-state index contributed by atoms with van der Waals surface area (Å²) in [5.41, 5.74) is 4.22. The molecule has 1 saturated heterocycles. The quantitative estimate of drug-likeness (QED) is 0.213. The minimum absolute atomic E-state index is 0.0527. The molecule has 0 bridgehead atoms. The summed E-state index contributed by atoms with van der Waals surface area (Å²) >= 11 is 0. The van der Waals surface area contributed by atoms with Crippen LogP contribution in [-0.4, -0.2) is 82.5 Å². The molecule has 0 aliphatic carbocycles. The number of fused-ring (bicyclic) bond motifs is 1. The number of alkyl halides is 3. The lowest BCUT2D eigenvalue weighted by atomic mass is 10.0. The van der Waals surface area contributed by atoms with Gasteiger partial charge in [-0.1, -0.05) is 37.0 Å². The Hall–Kier alpha value is -5.19. The van der Waals surface area contributed by atoms with Crippen LogP contribution in [0.3, 0.4) is 0 Å². The number of hydrogen-bond acceptors (Lipinski definition) is 7. The second kappa shape index (κ2) is 15.4. The van der Waals surface area contributed by atoms with E-state index in [9.17, 15) is 22.8 Å². The van der Waals surface area contributed by atoms with Gasteiger partial charge in [0.1, 0.15) is 5.69 Å². The predicted molar refractivity (Wildman–Crippen MR) is 190 cm³/mol. The Bertz CT molecular complexity index is 1990. The van der Waals surface area contributed by atoms with E-state index in [0.29, 0.717) is 60.0 Å². The third-order valence-corrected chi connectivity index (χ3v) is 9.24. The maximum atomic E-state index is 14.1. The number of benzene rings is 2. The number of halogens is 3. The molecule has 1 fully saturated rings. The number of piperazine rings is 1. The molecule has 6 rings (SSSR count). The van der Waals surface area contributed by atoms with E-state index in [0.717, 1.165) is 43.5 Å². The smallest absolute Gasteiger partial charge is 0.357 e. The SMILES string of the molecule is CCCN1CCN(Cc2ccc(NC(=O)Cc3cccc(C#Cc4cnc(NC)nc4-c4cc5c(n4C)CCNC5=O)c3)cc2C(F)(F)F)CC1. The fraction of sp³-hybridized carbons (Fsp3) is 0.368. The number of anilines is 2. The maximum absolute atomic E-state index is 14.1. The molecule has 4 aromatic rings. The Morgan fingerprint density at radius 1 is 1.04 bits per heavy atom. The first-order valence-corrected chi connectivity index (χ1v) is 17.1. The molecule has 4 heterocycles. The molecule has 0 atom stereocenters.